The van der Waals surface area contributed by atoms with Gasteiger partial charge in [-0.1, -0.05) is 32.0 Å². The van der Waals surface area contributed by atoms with E-state index in [1.54, 1.807) is 7.11 Å². The van der Waals surface area contributed by atoms with Gasteiger partial charge in [-0.3, -0.25) is 9.48 Å². The minimum Gasteiger partial charge on any atom is -0.496 e. The average Bonchev–Trinajstić information content (AvgIpc) is 2.98. The van der Waals surface area contributed by atoms with Crippen molar-refractivity contribution in [3.63, 3.8) is 0 Å². The van der Waals surface area contributed by atoms with E-state index in [9.17, 15) is 4.79 Å². The summed E-state index contributed by atoms with van der Waals surface area (Å²) in [6.07, 6.45) is 1.23. The lowest BCUT2D eigenvalue weighted by Gasteiger charge is -2.37. The van der Waals surface area contributed by atoms with E-state index in [0.29, 0.717) is 18.9 Å². The van der Waals surface area contributed by atoms with E-state index in [0.717, 1.165) is 43.1 Å². The Labute approximate surface area is 174 Å². The van der Waals surface area contributed by atoms with E-state index in [1.165, 1.54) is 11.3 Å². The van der Waals surface area contributed by atoms with E-state index in [-0.39, 0.29) is 11.9 Å². The number of hydrogen-bond donors (Lipinski definition) is 1. The van der Waals surface area contributed by atoms with Crippen LogP contribution in [0.25, 0.3) is 0 Å². The number of nitrogens with zero attached hydrogens (tertiary/aromatic N) is 3. The molecule has 6 heteroatoms. The molecular weight excluding hydrogens is 364 g/mol. The molecule has 1 atom stereocenters. The second-order valence-electron chi connectivity index (χ2n) is 8.27. The molecule has 1 amide bonds. The Morgan fingerprint density at radius 2 is 2.07 bits per heavy atom. The molecule has 158 valence electrons. The number of amides is 1. The number of rotatable bonds is 7. The standard InChI is InChI=1S/C23H34N4O2/c1-16(2)15-27-18(4)19(17(3)25-27)10-11-23(28)26-13-12-24-14-21(26)20-8-6-7-9-22(20)29-5/h6-9,16,21,24H,10-15H2,1-5H3. The smallest absolute Gasteiger partial charge is 0.223 e. The molecule has 1 aromatic carbocycles. The number of aryl methyl sites for hydroxylation is 1. The first kappa shape index (κ1) is 21.4. The molecule has 0 spiro atoms. The van der Waals surface area contributed by atoms with Crippen molar-refractivity contribution >= 4 is 5.91 Å². The highest BCUT2D eigenvalue weighted by Crippen LogP contribution is 2.31. The quantitative estimate of drug-likeness (QED) is 0.778. The van der Waals surface area contributed by atoms with E-state index in [4.69, 9.17) is 9.84 Å². The number of para-hydroxylation sites is 1. The Balaban J connectivity index is 1.73. The van der Waals surface area contributed by atoms with Gasteiger partial charge in [0.15, 0.2) is 0 Å². The molecule has 2 aromatic rings. The third-order valence-corrected chi connectivity index (χ3v) is 5.72. The van der Waals surface area contributed by atoms with Crippen molar-refractivity contribution in [2.24, 2.45) is 5.92 Å². The minimum atomic E-state index is -0.00161. The number of methoxy groups -OCH3 is 1. The van der Waals surface area contributed by atoms with Crippen LogP contribution in [0.1, 0.15) is 48.8 Å². The number of hydrogen-bond acceptors (Lipinski definition) is 4. The molecule has 0 bridgehead atoms. The zero-order chi connectivity index (χ0) is 21.0. The monoisotopic (exact) mass is 398 g/mol. The van der Waals surface area contributed by atoms with E-state index < -0.39 is 0 Å². The third kappa shape index (κ3) is 4.81. The highest BCUT2D eigenvalue weighted by atomic mass is 16.5. The number of piperazine rings is 1. The molecule has 1 aliphatic rings. The Bertz CT molecular complexity index is 843. The molecule has 0 saturated carbocycles. The van der Waals surface area contributed by atoms with Crippen LogP contribution in [0.2, 0.25) is 0 Å². The summed E-state index contributed by atoms with van der Waals surface area (Å²) >= 11 is 0. The van der Waals surface area contributed by atoms with E-state index >= 15 is 0 Å². The van der Waals surface area contributed by atoms with E-state index in [1.807, 2.05) is 30.0 Å². The summed E-state index contributed by atoms with van der Waals surface area (Å²) in [6, 6.07) is 7.98. The molecule has 0 radical (unpaired) electrons. The van der Waals surface area contributed by atoms with Gasteiger partial charge in [0.05, 0.1) is 18.8 Å². The molecule has 1 aromatic heterocycles. The van der Waals surface area contributed by atoms with Crippen LogP contribution in [0.3, 0.4) is 0 Å². The van der Waals surface area contributed by atoms with Crippen molar-refractivity contribution in [3.8, 4) is 5.75 Å². The Morgan fingerprint density at radius 3 is 2.79 bits per heavy atom. The van der Waals surface area contributed by atoms with Gasteiger partial charge in [0.25, 0.3) is 0 Å². The molecule has 3 rings (SSSR count). The Kier molecular flexibility index (Phi) is 6.96. The van der Waals surface area contributed by atoms with Crippen molar-refractivity contribution < 1.29 is 9.53 Å². The zero-order valence-electron chi connectivity index (χ0n) is 18.4. The number of carbonyl (C=O) groups excluding carboxylic acids is 1. The molecule has 1 fully saturated rings. The first-order valence-corrected chi connectivity index (χ1v) is 10.6. The predicted octanol–water partition coefficient (Wildman–Crippen LogP) is 3.27. The fourth-order valence-corrected chi connectivity index (χ4v) is 4.22. The fourth-order valence-electron chi connectivity index (χ4n) is 4.22. The molecule has 1 saturated heterocycles. The van der Waals surface area contributed by atoms with Gasteiger partial charge in [0.1, 0.15) is 5.75 Å². The number of benzene rings is 1. The van der Waals surface area contributed by atoms with Gasteiger partial charge in [0, 0.05) is 43.9 Å². The van der Waals surface area contributed by atoms with Crippen LogP contribution >= 0.6 is 0 Å². The highest BCUT2D eigenvalue weighted by molar-refractivity contribution is 5.77. The van der Waals surface area contributed by atoms with Crippen molar-refractivity contribution in [1.82, 2.24) is 20.0 Å². The summed E-state index contributed by atoms with van der Waals surface area (Å²) in [5.41, 5.74) is 4.50. The van der Waals surface area contributed by atoms with Gasteiger partial charge < -0.3 is 15.0 Å². The summed E-state index contributed by atoms with van der Waals surface area (Å²) in [7, 11) is 1.68. The molecule has 1 aliphatic heterocycles. The average molecular weight is 399 g/mol. The van der Waals surface area contributed by atoms with Gasteiger partial charge in [-0.05, 0) is 37.8 Å². The Morgan fingerprint density at radius 1 is 1.31 bits per heavy atom. The van der Waals surface area contributed by atoms with Crippen LogP contribution in [-0.4, -0.2) is 47.3 Å². The number of ether oxygens (including phenoxy) is 1. The van der Waals surface area contributed by atoms with Crippen molar-refractivity contribution in [2.45, 2.75) is 53.1 Å². The van der Waals surface area contributed by atoms with Gasteiger partial charge >= 0.3 is 0 Å². The van der Waals surface area contributed by atoms with Crippen LogP contribution in [0.4, 0.5) is 0 Å². The summed E-state index contributed by atoms with van der Waals surface area (Å²) in [6.45, 7) is 11.7. The molecule has 2 heterocycles. The summed E-state index contributed by atoms with van der Waals surface area (Å²) < 4.78 is 7.63. The van der Waals surface area contributed by atoms with Gasteiger partial charge in [-0.2, -0.15) is 5.10 Å². The largest absolute Gasteiger partial charge is 0.496 e. The zero-order valence-corrected chi connectivity index (χ0v) is 18.4. The van der Waals surface area contributed by atoms with Crippen molar-refractivity contribution in [2.75, 3.05) is 26.7 Å². The maximum Gasteiger partial charge on any atom is 0.223 e. The lowest BCUT2D eigenvalue weighted by Crippen LogP contribution is -2.48. The lowest BCUT2D eigenvalue weighted by atomic mass is 10.0. The van der Waals surface area contributed by atoms with Gasteiger partial charge in [0.2, 0.25) is 5.91 Å². The number of carbonyl (C=O) groups is 1. The Hall–Kier alpha value is -2.34. The molecular formula is C23H34N4O2. The second-order valence-corrected chi connectivity index (χ2v) is 8.27. The first-order chi connectivity index (χ1) is 13.9. The van der Waals surface area contributed by atoms with Crippen LogP contribution < -0.4 is 10.1 Å². The highest BCUT2D eigenvalue weighted by Gasteiger charge is 2.29. The van der Waals surface area contributed by atoms with Gasteiger partial charge in [-0.25, -0.2) is 0 Å². The van der Waals surface area contributed by atoms with Crippen LogP contribution in [-0.2, 0) is 17.8 Å². The number of nitrogens with one attached hydrogen (secondary N) is 1. The maximum absolute atomic E-state index is 13.2. The topological polar surface area (TPSA) is 59.4 Å². The first-order valence-electron chi connectivity index (χ1n) is 10.6. The minimum absolute atomic E-state index is 0.00161. The van der Waals surface area contributed by atoms with Crippen molar-refractivity contribution in [3.05, 3.63) is 46.8 Å². The molecule has 29 heavy (non-hydrogen) atoms. The molecule has 6 nitrogen and oxygen atoms in total. The van der Waals surface area contributed by atoms with Gasteiger partial charge in [-0.15, -0.1) is 0 Å². The van der Waals surface area contributed by atoms with Crippen LogP contribution in [0.5, 0.6) is 5.75 Å². The SMILES string of the molecule is COc1ccccc1C1CNCCN1C(=O)CCc1c(C)nn(CC(C)C)c1C. The number of aromatic nitrogens is 2. The maximum atomic E-state index is 13.2. The fraction of sp³-hybridized carbons (Fsp3) is 0.565. The lowest BCUT2D eigenvalue weighted by molar-refractivity contribution is -0.134. The normalized spacial score (nSPS) is 17.0. The third-order valence-electron chi connectivity index (χ3n) is 5.72. The summed E-state index contributed by atoms with van der Waals surface area (Å²) in [5, 5.41) is 8.11. The molecule has 1 N–H and O–H groups in total. The summed E-state index contributed by atoms with van der Waals surface area (Å²) in [5.74, 6) is 1.57. The van der Waals surface area contributed by atoms with E-state index in [2.05, 4.69) is 36.8 Å². The van der Waals surface area contributed by atoms with Crippen molar-refractivity contribution in [1.29, 1.82) is 0 Å². The summed E-state index contributed by atoms with van der Waals surface area (Å²) in [4.78, 5) is 15.2. The predicted molar refractivity (Wildman–Crippen MR) is 115 cm³/mol. The second kappa shape index (κ2) is 9.44. The molecule has 1 unspecified atom stereocenters. The van der Waals surface area contributed by atoms with Crippen LogP contribution in [0, 0.1) is 19.8 Å². The van der Waals surface area contributed by atoms with Crippen LogP contribution in [0.15, 0.2) is 24.3 Å². The molecule has 0 aliphatic carbocycles.